The van der Waals surface area contributed by atoms with Crippen molar-refractivity contribution in [1.82, 2.24) is 0 Å². The lowest BCUT2D eigenvalue weighted by Crippen LogP contribution is -2.13. The van der Waals surface area contributed by atoms with Gasteiger partial charge < -0.3 is 5.32 Å². The molecule has 0 saturated heterocycles. The second kappa shape index (κ2) is 8.74. The van der Waals surface area contributed by atoms with E-state index in [-0.39, 0.29) is 11.4 Å². The summed E-state index contributed by atoms with van der Waals surface area (Å²) in [7, 11) is 0. The monoisotopic (exact) mass is 374 g/mol. The molecule has 1 N–H and O–H groups in total. The number of hydrogen-bond donors (Lipinski definition) is 1. The molecule has 3 rings (SSSR count). The van der Waals surface area contributed by atoms with Crippen molar-refractivity contribution >= 4 is 17.7 Å². The Morgan fingerprint density at radius 3 is 2.29 bits per heavy atom. The molecule has 3 aromatic carbocycles. The molecular formula is C23H16F2N2O. The number of amides is 1. The summed E-state index contributed by atoms with van der Waals surface area (Å²) in [6.45, 7) is 0. The Balaban J connectivity index is 1.72. The largest absolute Gasteiger partial charge is 0.321 e. The highest BCUT2D eigenvalue weighted by Gasteiger charge is 2.10. The SMILES string of the molecule is N#C/C(=C\c1ccc(Cc2ccccc2F)cc1)C(=O)Nc1ccc(F)cc1. The highest BCUT2D eigenvalue weighted by Crippen LogP contribution is 2.16. The molecule has 0 spiro atoms. The number of benzene rings is 3. The van der Waals surface area contributed by atoms with E-state index in [2.05, 4.69) is 5.32 Å². The normalized spacial score (nSPS) is 11.0. The quantitative estimate of drug-likeness (QED) is 0.499. The van der Waals surface area contributed by atoms with Crippen LogP contribution in [0.25, 0.3) is 6.08 Å². The molecule has 138 valence electrons. The van der Waals surface area contributed by atoms with E-state index in [0.717, 1.165) is 5.56 Å². The molecule has 0 atom stereocenters. The molecular weight excluding hydrogens is 358 g/mol. The van der Waals surface area contributed by atoms with Crippen LogP contribution in [0.5, 0.6) is 0 Å². The number of anilines is 1. The molecule has 0 heterocycles. The minimum absolute atomic E-state index is 0.0776. The van der Waals surface area contributed by atoms with Gasteiger partial charge in [-0.2, -0.15) is 5.26 Å². The van der Waals surface area contributed by atoms with Crippen LogP contribution in [-0.4, -0.2) is 5.91 Å². The molecule has 28 heavy (non-hydrogen) atoms. The van der Waals surface area contributed by atoms with Crippen molar-refractivity contribution < 1.29 is 13.6 Å². The lowest BCUT2D eigenvalue weighted by Gasteiger charge is -2.05. The Morgan fingerprint density at radius 1 is 0.964 bits per heavy atom. The summed E-state index contributed by atoms with van der Waals surface area (Å²) in [5, 5.41) is 11.8. The zero-order valence-corrected chi connectivity index (χ0v) is 14.8. The van der Waals surface area contributed by atoms with Crippen LogP contribution in [0.3, 0.4) is 0 Å². The van der Waals surface area contributed by atoms with Gasteiger partial charge in [-0.25, -0.2) is 8.78 Å². The second-order valence-corrected chi connectivity index (χ2v) is 6.14. The van der Waals surface area contributed by atoms with Crippen LogP contribution in [0, 0.1) is 23.0 Å². The number of nitrogens with one attached hydrogen (secondary N) is 1. The van der Waals surface area contributed by atoms with Crippen LogP contribution >= 0.6 is 0 Å². The fraction of sp³-hybridized carbons (Fsp3) is 0.0435. The fourth-order valence-corrected chi connectivity index (χ4v) is 2.64. The Bertz CT molecular complexity index is 1050. The molecule has 5 heteroatoms. The summed E-state index contributed by atoms with van der Waals surface area (Å²) < 4.78 is 26.7. The number of hydrogen-bond acceptors (Lipinski definition) is 2. The van der Waals surface area contributed by atoms with Gasteiger partial charge in [0.25, 0.3) is 5.91 Å². The predicted molar refractivity (Wildman–Crippen MR) is 104 cm³/mol. The smallest absolute Gasteiger partial charge is 0.266 e. The van der Waals surface area contributed by atoms with E-state index >= 15 is 0 Å². The van der Waals surface area contributed by atoms with E-state index in [9.17, 15) is 18.8 Å². The number of carbonyl (C=O) groups excluding carboxylic acids is 1. The number of carbonyl (C=O) groups is 1. The van der Waals surface area contributed by atoms with Crippen LogP contribution in [0.4, 0.5) is 14.5 Å². The molecule has 0 aliphatic heterocycles. The van der Waals surface area contributed by atoms with Gasteiger partial charge in [-0.05, 0) is 53.1 Å². The van der Waals surface area contributed by atoms with Gasteiger partial charge in [0.2, 0.25) is 0 Å². The van der Waals surface area contributed by atoms with E-state index in [1.165, 1.54) is 36.4 Å². The lowest BCUT2D eigenvalue weighted by molar-refractivity contribution is -0.112. The molecule has 0 fully saturated rings. The summed E-state index contributed by atoms with van der Waals surface area (Å²) in [5.41, 5.74) is 2.50. The molecule has 3 nitrogen and oxygen atoms in total. The first-order valence-corrected chi connectivity index (χ1v) is 8.56. The van der Waals surface area contributed by atoms with Crippen molar-refractivity contribution in [2.45, 2.75) is 6.42 Å². The first kappa shape index (κ1) is 19.0. The minimum atomic E-state index is -0.579. The van der Waals surface area contributed by atoms with Gasteiger partial charge in [-0.3, -0.25) is 4.79 Å². The standard InChI is InChI=1S/C23H16F2N2O/c24-20-9-11-21(12-10-20)27-23(28)19(15-26)14-17-7-5-16(6-8-17)13-18-3-1-2-4-22(18)25/h1-12,14H,13H2,(H,27,28)/b19-14+. The third-order valence-electron chi connectivity index (χ3n) is 4.11. The van der Waals surface area contributed by atoms with Crippen LogP contribution in [0.2, 0.25) is 0 Å². The Kier molecular flexibility index (Phi) is 5.93. The van der Waals surface area contributed by atoms with Gasteiger partial charge in [0.15, 0.2) is 0 Å². The maximum absolute atomic E-state index is 13.8. The van der Waals surface area contributed by atoms with Crippen molar-refractivity contribution in [2.24, 2.45) is 0 Å². The zero-order valence-electron chi connectivity index (χ0n) is 14.8. The van der Waals surface area contributed by atoms with Crippen LogP contribution in [0.15, 0.2) is 78.4 Å². The van der Waals surface area contributed by atoms with Gasteiger partial charge in [-0.1, -0.05) is 42.5 Å². The molecule has 0 aliphatic rings. The van der Waals surface area contributed by atoms with Crippen LogP contribution in [0.1, 0.15) is 16.7 Å². The number of halogens is 2. The summed E-state index contributed by atoms with van der Waals surface area (Å²) in [4.78, 5) is 12.2. The third-order valence-corrected chi connectivity index (χ3v) is 4.11. The van der Waals surface area contributed by atoms with Crippen molar-refractivity contribution in [3.05, 3.63) is 107 Å². The number of nitriles is 1. The highest BCUT2D eigenvalue weighted by molar-refractivity contribution is 6.09. The van der Waals surface area contributed by atoms with Gasteiger partial charge in [-0.15, -0.1) is 0 Å². The average molecular weight is 374 g/mol. The van der Waals surface area contributed by atoms with E-state index < -0.39 is 11.7 Å². The van der Waals surface area contributed by atoms with Gasteiger partial charge in [0, 0.05) is 12.1 Å². The Hall–Kier alpha value is -3.78. The maximum Gasteiger partial charge on any atom is 0.266 e. The Labute approximate surface area is 161 Å². The average Bonchev–Trinajstić information content (AvgIpc) is 2.70. The summed E-state index contributed by atoms with van der Waals surface area (Å²) >= 11 is 0. The molecule has 0 aromatic heterocycles. The van der Waals surface area contributed by atoms with Gasteiger partial charge in [0.1, 0.15) is 23.3 Å². The lowest BCUT2D eigenvalue weighted by atomic mass is 10.0. The first-order chi connectivity index (χ1) is 13.5. The van der Waals surface area contributed by atoms with Crippen molar-refractivity contribution in [3.63, 3.8) is 0 Å². The summed E-state index contributed by atoms with van der Waals surface area (Å²) in [6, 6.07) is 20.9. The third kappa shape index (κ3) is 4.89. The molecule has 0 unspecified atom stereocenters. The van der Waals surface area contributed by atoms with Crippen molar-refractivity contribution in [1.29, 1.82) is 5.26 Å². The second-order valence-electron chi connectivity index (χ2n) is 6.14. The number of nitrogens with zero attached hydrogens (tertiary/aromatic N) is 1. The van der Waals surface area contributed by atoms with Gasteiger partial charge in [0.05, 0.1) is 0 Å². The summed E-state index contributed by atoms with van der Waals surface area (Å²) in [6.07, 6.45) is 1.92. The van der Waals surface area contributed by atoms with E-state index in [1.807, 2.05) is 18.2 Å². The molecule has 1 amide bonds. The molecule has 0 radical (unpaired) electrons. The zero-order chi connectivity index (χ0) is 19.9. The highest BCUT2D eigenvalue weighted by atomic mass is 19.1. The van der Waals surface area contributed by atoms with Crippen LogP contribution in [-0.2, 0) is 11.2 Å². The van der Waals surface area contributed by atoms with Crippen molar-refractivity contribution in [3.8, 4) is 6.07 Å². The minimum Gasteiger partial charge on any atom is -0.321 e. The van der Waals surface area contributed by atoms with Crippen molar-refractivity contribution in [2.75, 3.05) is 5.32 Å². The molecule has 0 bridgehead atoms. The van der Waals surface area contributed by atoms with Gasteiger partial charge >= 0.3 is 0 Å². The van der Waals surface area contributed by atoms with Crippen LogP contribution < -0.4 is 5.32 Å². The summed E-state index contributed by atoms with van der Waals surface area (Å²) in [5.74, 6) is -1.25. The van der Waals surface area contributed by atoms with E-state index in [4.69, 9.17) is 0 Å². The maximum atomic E-state index is 13.8. The topological polar surface area (TPSA) is 52.9 Å². The fourth-order valence-electron chi connectivity index (χ4n) is 2.64. The Morgan fingerprint density at radius 2 is 1.64 bits per heavy atom. The first-order valence-electron chi connectivity index (χ1n) is 8.56. The molecule has 0 aliphatic carbocycles. The van der Waals surface area contributed by atoms with E-state index in [0.29, 0.717) is 23.2 Å². The predicted octanol–water partition coefficient (Wildman–Crippen LogP) is 5.10. The number of rotatable bonds is 5. The molecule has 3 aromatic rings. The van der Waals surface area contributed by atoms with E-state index in [1.54, 1.807) is 30.3 Å². The molecule has 0 saturated carbocycles.